The molecule has 1 aliphatic rings. The highest BCUT2D eigenvalue weighted by Gasteiger charge is 2.25. The minimum absolute atomic E-state index is 0.0213. The van der Waals surface area contributed by atoms with Crippen molar-refractivity contribution in [1.82, 2.24) is 4.31 Å². The van der Waals surface area contributed by atoms with Crippen LogP contribution in [-0.2, 0) is 14.8 Å². The van der Waals surface area contributed by atoms with Gasteiger partial charge in [-0.25, -0.2) is 8.42 Å². The number of nitro groups is 1. The van der Waals surface area contributed by atoms with E-state index in [2.05, 4.69) is 5.32 Å². The van der Waals surface area contributed by atoms with Crippen LogP contribution in [0.2, 0.25) is 0 Å². The lowest BCUT2D eigenvalue weighted by Crippen LogP contribution is -2.31. The number of amides is 1. The van der Waals surface area contributed by atoms with E-state index in [-0.39, 0.29) is 17.2 Å². The molecule has 31 heavy (non-hydrogen) atoms. The first-order chi connectivity index (χ1) is 14.8. The van der Waals surface area contributed by atoms with Gasteiger partial charge in [-0.1, -0.05) is 12.8 Å². The predicted molar refractivity (Wildman–Crippen MR) is 116 cm³/mol. The minimum Gasteiger partial charge on any atom is -0.484 e. The molecule has 2 aromatic rings. The number of nitro benzene ring substituents is 1. The van der Waals surface area contributed by atoms with E-state index in [0.717, 1.165) is 25.7 Å². The van der Waals surface area contributed by atoms with Crippen LogP contribution in [0.3, 0.4) is 0 Å². The number of nitrogens with zero attached hydrogens (tertiary/aromatic N) is 2. The van der Waals surface area contributed by atoms with E-state index in [4.69, 9.17) is 4.74 Å². The van der Waals surface area contributed by atoms with Gasteiger partial charge in [0.05, 0.1) is 9.82 Å². The van der Waals surface area contributed by atoms with E-state index in [9.17, 15) is 23.3 Å². The quantitative estimate of drug-likeness (QED) is 0.513. The Morgan fingerprint density at radius 3 is 2.32 bits per heavy atom. The Morgan fingerprint density at radius 1 is 1.10 bits per heavy atom. The van der Waals surface area contributed by atoms with Crippen molar-refractivity contribution in [2.45, 2.75) is 37.5 Å². The normalized spacial score (nSPS) is 15.1. The molecule has 1 fully saturated rings. The Morgan fingerprint density at radius 2 is 1.74 bits per heavy atom. The summed E-state index contributed by atoms with van der Waals surface area (Å²) in [5.41, 5.74) is 0.861. The highest BCUT2D eigenvalue weighted by molar-refractivity contribution is 7.89. The van der Waals surface area contributed by atoms with Crippen LogP contribution >= 0.6 is 0 Å². The van der Waals surface area contributed by atoms with Crippen LogP contribution in [0.5, 0.6) is 5.75 Å². The second-order valence-corrected chi connectivity index (χ2v) is 9.32. The molecule has 1 saturated heterocycles. The number of hydrogen-bond acceptors (Lipinski definition) is 6. The van der Waals surface area contributed by atoms with Crippen LogP contribution in [0, 0.1) is 17.0 Å². The fraction of sp³-hybridized carbons (Fsp3) is 0.381. The van der Waals surface area contributed by atoms with Crippen molar-refractivity contribution in [2.24, 2.45) is 0 Å². The minimum atomic E-state index is -3.54. The van der Waals surface area contributed by atoms with Crippen molar-refractivity contribution in [3.8, 4) is 5.75 Å². The highest BCUT2D eigenvalue weighted by Crippen LogP contribution is 2.24. The summed E-state index contributed by atoms with van der Waals surface area (Å²) >= 11 is 0. The first-order valence-corrected chi connectivity index (χ1v) is 11.5. The van der Waals surface area contributed by atoms with Crippen molar-refractivity contribution in [1.29, 1.82) is 0 Å². The topological polar surface area (TPSA) is 119 Å². The van der Waals surface area contributed by atoms with Crippen molar-refractivity contribution in [3.63, 3.8) is 0 Å². The number of carbonyl (C=O) groups excluding carboxylic acids is 1. The number of carbonyl (C=O) groups is 1. The molecule has 0 aromatic heterocycles. The summed E-state index contributed by atoms with van der Waals surface area (Å²) in [5.74, 6) is -0.0868. The molecule has 0 saturated carbocycles. The van der Waals surface area contributed by atoms with Gasteiger partial charge in [0.25, 0.3) is 11.6 Å². The second-order valence-electron chi connectivity index (χ2n) is 7.38. The fourth-order valence-electron chi connectivity index (χ4n) is 3.41. The summed E-state index contributed by atoms with van der Waals surface area (Å²) in [5, 5.41) is 13.5. The van der Waals surface area contributed by atoms with Gasteiger partial charge in [0.2, 0.25) is 10.0 Å². The van der Waals surface area contributed by atoms with Gasteiger partial charge in [-0.15, -0.1) is 0 Å². The molecule has 0 spiro atoms. The molecular weight excluding hydrogens is 422 g/mol. The van der Waals surface area contributed by atoms with Gasteiger partial charge in [-0.3, -0.25) is 14.9 Å². The number of nitrogens with one attached hydrogen (secondary N) is 1. The monoisotopic (exact) mass is 447 g/mol. The molecule has 0 aliphatic carbocycles. The molecule has 1 amide bonds. The Hall–Kier alpha value is -2.98. The summed E-state index contributed by atoms with van der Waals surface area (Å²) in [6.07, 6.45) is 3.81. The number of benzene rings is 2. The molecule has 166 valence electrons. The lowest BCUT2D eigenvalue weighted by Gasteiger charge is -2.20. The van der Waals surface area contributed by atoms with E-state index in [1.807, 2.05) is 0 Å². The predicted octanol–water partition coefficient (Wildman–Crippen LogP) is 3.49. The van der Waals surface area contributed by atoms with E-state index < -0.39 is 20.9 Å². The standard InChI is InChI=1S/C21H25N3O6S/c1-16-14-18(8-11-20(16)24(26)27)30-15-21(25)22-17-6-9-19(10-7-17)31(28,29)23-12-4-2-3-5-13-23/h6-11,14H,2-5,12-13,15H2,1H3,(H,22,25). The second kappa shape index (κ2) is 9.88. The number of ether oxygens (including phenoxy) is 1. The molecule has 3 rings (SSSR count). The molecule has 0 atom stereocenters. The highest BCUT2D eigenvalue weighted by atomic mass is 32.2. The average molecular weight is 448 g/mol. The first-order valence-electron chi connectivity index (χ1n) is 10.1. The van der Waals surface area contributed by atoms with Gasteiger partial charge in [0.15, 0.2) is 6.61 Å². The van der Waals surface area contributed by atoms with Crippen LogP contribution in [-0.4, -0.2) is 43.2 Å². The van der Waals surface area contributed by atoms with Crippen LogP contribution in [0.4, 0.5) is 11.4 Å². The van der Waals surface area contributed by atoms with Crippen molar-refractivity contribution >= 4 is 27.3 Å². The van der Waals surface area contributed by atoms with Gasteiger partial charge >= 0.3 is 0 Å². The molecule has 10 heteroatoms. The van der Waals surface area contributed by atoms with Gasteiger partial charge in [-0.2, -0.15) is 4.31 Å². The molecular formula is C21H25N3O6S. The zero-order chi connectivity index (χ0) is 22.4. The third kappa shape index (κ3) is 5.80. The molecule has 9 nitrogen and oxygen atoms in total. The van der Waals surface area contributed by atoms with Crippen LogP contribution < -0.4 is 10.1 Å². The van der Waals surface area contributed by atoms with Gasteiger partial charge < -0.3 is 10.1 Å². The van der Waals surface area contributed by atoms with Crippen molar-refractivity contribution < 1.29 is 22.9 Å². The molecule has 1 aliphatic heterocycles. The Balaban J connectivity index is 1.57. The lowest BCUT2D eigenvalue weighted by molar-refractivity contribution is -0.385. The summed E-state index contributed by atoms with van der Waals surface area (Å²) in [4.78, 5) is 22.7. The van der Waals surface area contributed by atoms with Gasteiger partial charge in [-0.05, 0) is 56.2 Å². The number of hydrogen-bond donors (Lipinski definition) is 1. The fourth-order valence-corrected chi connectivity index (χ4v) is 4.93. The average Bonchev–Trinajstić information content (AvgIpc) is 3.03. The first kappa shape index (κ1) is 22.7. The maximum Gasteiger partial charge on any atom is 0.272 e. The lowest BCUT2D eigenvalue weighted by atomic mass is 10.2. The van der Waals surface area contributed by atoms with E-state index in [1.54, 1.807) is 19.1 Å². The molecule has 2 aromatic carbocycles. The van der Waals surface area contributed by atoms with Crippen molar-refractivity contribution in [3.05, 3.63) is 58.1 Å². The van der Waals surface area contributed by atoms with Gasteiger partial charge in [0, 0.05) is 30.4 Å². The third-order valence-corrected chi connectivity index (χ3v) is 6.99. The number of anilines is 1. The van der Waals surface area contributed by atoms with Crippen LogP contribution in [0.15, 0.2) is 47.4 Å². The zero-order valence-corrected chi connectivity index (χ0v) is 18.1. The summed E-state index contributed by atoms with van der Waals surface area (Å²) in [7, 11) is -3.54. The summed E-state index contributed by atoms with van der Waals surface area (Å²) in [6, 6.07) is 10.3. The Kier molecular flexibility index (Phi) is 7.24. The molecule has 0 unspecified atom stereocenters. The van der Waals surface area contributed by atoms with Crippen LogP contribution in [0.25, 0.3) is 0 Å². The Bertz CT molecular complexity index is 1050. The maximum atomic E-state index is 12.8. The molecule has 1 heterocycles. The van der Waals surface area contributed by atoms with E-state index in [1.165, 1.54) is 34.6 Å². The maximum absolute atomic E-state index is 12.8. The Labute approximate surface area is 181 Å². The smallest absolute Gasteiger partial charge is 0.272 e. The zero-order valence-electron chi connectivity index (χ0n) is 17.2. The summed E-state index contributed by atoms with van der Waals surface area (Å²) < 4.78 is 32.5. The number of rotatable bonds is 7. The largest absolute Gasteiger partial charge is 0.484 e. The van der Waals surface area contributed by atoms with Crippen molar-refractivity contribution in [2.75, 3.05) is 25.0 Å². The van der Waals surface area contributed by atoms with Gasteiger partial charge in [0.1, 0.15) is 5.75 Å². The molecule has 0 bridgehead atoms. The SMILES string of the molecule is Cc1cc(OCC(=O)Nc2ccc(S(=O)(=O)N3CCCCCC3)cc2)ccc1[N+](=O)[O-]. The van der Waals surface area contributed by atoms with E-state index >= 15 is 0 Å². The third-order valence-electron chi connectivity index (χ3n) is 5.08. The molecule has 1 N–H and O–H groups in total. The number of aryl methyl sites for hydroxylation is 1. The molecule has 0 radical (unpaired) electrons. The summed E-state index contributed by atoms with van der Waals surface area (Å²) in [6.45, 7) is 2.36. The van der Waals surface area contributed by atoms with E-state index in [0.29, 0.717) is 30.1 Å². The number of sulfonamides is 1. The van der Waals surface area contributed by atoms with Crippen LogP contribution in [0.1, 0.15) is 31.2 Å².